The minimum absolute atomic E-state index is 0.542. The third-order valence-corrected chi connectivity index (χ3v) is 2.92. The SMILES string of the molecule is CC(C)CNCC1(C)CCNCC1. The Balaban J connectivity index is 2.17. The lowest BCUT2D eigenvalue weighted by atomic mass is 9.81. The maximum absolute atomic E-state index is 3.57. The van der Waals surface area contributed by atoms with E-state index in [-0.39, 0.29) is 0 Å². The van der Waals surface area contributed by atoms with Gasteiger partial charge in [0.15, 0.2) is 0 Å². The van der Waals surface area contributed by atoms with Crippen molar-refractivity contribution in [3.05, 3.63) is 0 Å². The highest BCUT2D eigenvalue weighted by Crippen LogP contribution is 2.26. The van der Waals surface area contributed by atoms with Gasteiger partial charge in [0, 0.05) is 6.54 Å². The van der Waals surface area contributed by atoms with Crippen molar-refractivity contribution in [1.29, 1.82) is 0 Å². The van der Waals surface area contributed by atoms with Crippen LogP contribution in [0.25, 0.3) is 0 Å². The number of hydrogen-bond donors (Lipinski definition) is 2. The van der Waals surface area contributed by atoms with Crippen molar-refractivity contribution in [2.24, 2.45) is 11.3 Å². The van der Waals surface area contributed by atoms with Gasteiger partial charge in [-0.15, -0.1) is 0 Å². The van der Waals surface area contributed by atoms with E-state index in [1.54, 1.807) is 0 Å². The van der Waals surface area contributed by atoms with Crippen molar-refractivity contribution in [2.75, 3.05) is 26.2 Å². The van der Waals surface area contributed by atoms with Crippen molar-refractivity contribution in [1.82, 2.24) is 10.6 Å². The Morgan fingerprint density at radius 3 is 2.46 bits per heavy atom. The third-order valence-electron chi connectivity index (χ3n) is 2.92. The Kier molecular flexibility index (Phi) is 4.20. The first-order chi connectivity index (χ1) is 6.12. The molecule has 1 heterocycles. The molecule has 0 unspecified atom stereocenters. The summed E-state index contributed by atoms with van der Waals surface area (Å²) in [6.45, 7) is 11.7. The third kappa shape index (κ3) is 4.10. The molecular weight excluding hydrogens is 160 g/mol. The molecule has 1 saturated heterocycles. The van der Waals surface area contributed by atoms with Crippen LogP contribution < -0.4 is 10.6 Å². The van der Waals surface area contributed by atoms with Crippen LogP contribution in [-0.2, 0) is 0 Å². The predicted molar refractivity (Wildman–Crippen MR) is 57.9 cm³/mol. The van der Waals surface area contributed by atoms with Crippen LogP contribution in [0.4, 0.5) is 0 Å². The van der Waals surface area contributed by atoms with Gasteiger partial charge in [0.1, 0.15) is 0 Å². The second-order valence-corrected chi connectivity index (χ2v) is 5.09. The van der Waals surface area contributed by atoms with E-state index in [1.807, 2.05) is 0 Å². The Morgan fingerprint density at radius 2 is 1.92 bits per heavy atom. The molecule has 2 N–H and O–H groups in total. The van der Waals surface area contributed by atoms with Crippen LogP contribution in [0.2, 0.25) is 0 Å². The first kappa shape index (κ1) is 11.0. The van der Waals surface area contributed by atoms with Crippen molar-refractivity contribution in [3.63, 3.8) is 0 Å². The molecule has 0 spiro atoms. The van der Waals surface area contributed by atoms with Crippen LogP contribution in [0.15, 0.2) is 0 Å². The highest BCUT2D eigenvalue weighted by Gasteiger charge is 2.25. The molecule has 1 aliphatic rings. The van der Waals surface area contributed by atoms with Gasteiger partial charge in [-0.1, -0.05) is 20.8 Å². The largest absolute Gasteiger partial charge is 0.317 e. The molecule has 0 aromatic heterocycles. The zero-order valence-corrected chi connectivity index (χ0v) is 9.32. The van der Waals surface area contributed by atoms with Gasteiger partial charge in [0.05, 0.1) is 0 Å². The summed E-state index contributed by atoms with van der Waals surface area (Å²) in [6.07, 6.45) is 2.64. The fraction of sp³-hybridized carbons (Fsp3) is 1.00. The predicted octanol–water partition coefficient (Wildman–Crippen LogP) is 1.62. The standard InChI is InChI=1S/C11H24N2/c1-10(2)8-13-9-11(3)4-6-12-7-5-11/h10,12-13H,4-9H2,1-3H3. The summed E-state index contributed by atoms with van der Waals surface area (Å²) in [5.74, 6) is 0.769. The lowest BCUT2D eigenvalue weighted by molar-refractivity contribution is 0.218. The van der Waals surface area contributed by atoms with Gasteiger partial charge in [-0.3, -0.25) is 0 Å². The van der Waals surface area contributed by atoms with Gasteiger partial charge in [-0.2, -0.15) is 0 Å². The molecule has 0 aromatic carbocycles. The number of hydrogen-bond acceptors (Lipinski definition) is 2. The Bertz CT molecular complexity index is 137. The number of nitrogens with one attached hydrogen (secondary N) is 2. The first-order valence-electron chi connectivity index (χ1n) is 5.54. The van der Waals surface area contributed by atoms with Crippen molar-refractivity contribution < 1.29 is 0 Å². The van der Waals surface area contributed by atoms with E-state index in [9.17, 15) is 0 Å². The molecule has 1 fully saturated rings. The number of rotatable bonds is 4. The van der Waals surface area contributed by atoms with E-state index in [2.05, 4.69) is 31.4 Å². The molecule has 13 heavy (non-hydrogen) atoms. The molecular formula is C11H24N2. The van der Waals surface area contributed by atoms with Crippen LogP contribution in [-0.4, -0.2) is 26.2 Å². The number of piperidine rings is 1. The van der Waals surface area contributed by atoms with E-state index in [4.69, 9.17) is 0 Å². The zero-order chi connectivity index (χ0) is 9.73. The summed E-state index contributed by atoms with van der Waals surface area (Å²) < 4.78 is 0. The van der Waals surface area contributed by atoms with E-state index in [0.717, 1.165) is 12.5 Å². The second-order valence-electron chi connectivity index (χ2n) is 5.09. The van der Waals surface area contributed by atoms with Gasteiger partial charge in [0.25, 0.3) is 0 Å². The molecule has 2 heteroatoms. The smallest absolute Gasteiger partial charge is 0.000622 e. The Morgan fingerprint density at radius 1 is 1.31 bits per heavy atom. The molecule has 0 bridgehead atoms. The van der Waals surface area contributed by atoms with Gasteiger partial charge in [0.2, 0.25) is 0 Å². The van der Waals surface area contributed by atoms with Crippen molar-refractivity contribution in [2.45, 2.75) is 33.6 Å². The van der Waals surface area contributed by atoms with E-state index < -0.39 is 0 Å². The topological polar surface area (TPSA) is 24.1 Å². The van der Waals surface area contributed by atoms with Crippen LogP contribution in [0.1, 0.15) is 33.6 Å². The molecule has 0 aliphatic carbocycles. The zero-order valence-electron chi connectivity index (χ0n) is 9.32. The maximum Gasteiger partial charge on any atom is 0.000622 e. The summed E-state index contributed by atoms with van der Waals surface area (Å²) in [6, 6.07) is 0. The van der Waals surface area contributed by atoms with Crippen molar-refractivity contribution in [3.8, 4) is 0 Å². The fourth-order valence-electron chi connectivity index (χ4n) is 1.87. The molecule has 2 nitrogen and oxygen atoms in total. The quantitative estimate of drug-likeness (QED) is 0.694. The lowest BCUT2D eigenvalue weighted by Crippen LogP contribution is -2.42. The van der Waals surface area contributed by atoms with Crippen LogP contribution in [0, 0.1) is 11.3 Å². The molecule has 0 radical (unpaired) electrons. The summed E-state index contributed by atoms with van der Waals surface area (Å²) in [5, 5.41) is 6.98. The summed E-state index contributed by atoms with van der Waals surface area (Å²) in [5.41, 5.74) is 0.542. The van der Waals surface area contributed by atoms with Crippen LogP contribution in [0.5, 0.6) is 0 Å². The summed E-state index contributed by atoms with van der Waals surface area (Å²) >= 11 is 0. The van der Waals surface area contributed by atoms with Gasteiger partial charge in [-0.25, -0.2) is 0 Å². The summed E-state index contributed by atoms with van der Waals surface area (Å²) in [7, 11) is 0. The molecule has 1 aliphatic heterocycles. The highest BCUT2D eigenvalue weighted by atomic mass is 14.9. The van der Waals surface area contributed by atoms with E-state index >= 15 is 0 Å². The molecule has 0 amide bonds. The molecule has 0 aromatic rings. The minimum atomic E-state index is 0.542. The first-order valence-corrected chi connectivity index (χ1v) is 5.54. The Hall–Kier alpha value is -0.0800. The average molecular weight is 184 g/mol. The minimum Gasteiger partial charge on any atom is -0.317 e. The van der Waals surface area contributed by atoms with Crippen LogP contribution >= 0.6 is 0 Å². The van der Waals surface area contributed by atoms with E-state index in [0.29, 0.717) is 5.41 Å². The Labute approximate surface area is 82.5 Å². The normalized spacial score (nSPS) is 22.2. The van der Waals surface area contributed by atoms with Crippen molar-refractivity contribution >= 4 is 0 Å². The molecule has 1 rings (SSSR count). The molecule has 0 saturated carbocycles. The highest BCUT2D eigenvalue weighted by molar-refractivity contribution is 4.82. The second kappa shape index (κ2) is 4.97. The van der Waals surface area contributed by atoms with Gasteiger partial charge in [-0.05, 0) is 43.8 Å². The monoisotopic (exact) mass is 184 g/mol. The van der Waals surface area contributed by atoms with Gasteiger partial charge < -0.3 is 10.6 Å². The molecule has 0 atom stereocenters. The van der Waals surface area contributed by atoms with Crippen LogP contribution in [0.3, 0.4) is 0 Å². The fourth-order valence-corrected chi connectivity index (χ4v) is 1.87. The molecule has 78 valence electrons. The van der Waals surface area contributed by atoms with Gasteiger partial charge >= 0.3 is 0 Å². The maximum atomic E-state index is 3.57. The van der Waals surface area contributed by atoms with E-state index in [1.165, 1.54) is 32.5 Å². The summed E-state index contributed by atoms with van der Waals surface area (Å²) in [4.78, 5) is 0. The lowest BCUT2D eigenvalue weighted by Gasteiger charge is -2.34. The average Bonchev–Trinajstić information content (AvgIpc) is 2.04.